The average molecular weight is 641 g/mol. The lowest BCUT2D eigenvalue weighted by molar-refractivity contribution is 0.174. The van der Waals surface area contributed by atoms with Gasteiger partial charge in [-0.25, -0.2) is 4.98 Å². The highest BCUT2D eigenvalue weighted by Crippen LogP contribution is 2.35. The molecule has 0 bridgehead atoms. The van der Waals surface area contributed by atoms with Gasteiger partial charge >= 0.3 is 0 Å². The van der Waals surface area contributed by atoms with Crippen molar-refractivity contribution in [3.8, 4) is 34.4 Å². The maximum absolute atomic E-state index is 13.9. The van der Waals surface area contributed by atoms with E-state index >= 15 is 0 Å². The molecular formula is C34H30BrN3O5. The Bertz CT molecular complexity index is 1930. The number of aromatic nitrogens is 2. The molecule has 5 aromatic rings. The summed E-state index contributed by atoms with van der Waals surface area (Å²) in [5, 5.41) is 5.19. The fourth-order valence-corrected chi connectivity index (χ4v) is 5.41. The second kappa shape index (κ2) is 11.9. The minimum absolute atomic E-state index is 0.199. The maximum atomic E-state index is 13.9. The van der Waals surface area contributed by atoms with E-state index in [1.54, 1.807) is 19.4 Å². The molecule has 9 heteroatoms. The fraction of sp³-hybridized carbons (Fsp3) is 0.206. The first kappa shape index (κ1) is 28.5. The van der Waals surface area contributed by atoms with Gasteiger partial charge in [0.1, 0.15) is 18.1 Å². The van der Waals surface area contributed by atoms with Crippen molar-refractivity contribution in [2.45, 2.75) is 33.3 Å². The van der Waals surface area contributed by atoms with Crippen molar-refractivity contribution in [2.24, 2.45) is 5.10 Å². The molecule has 1 aliphatic rings. The SMILES string of the molecule is COc1cc(C)c(-c2nc3ccccc3c(=O)n2N=Cc2cc(Br)ccc2OCc2ccc3c(c2)OCO3)cc1C(C)C. The van der Waals surface area contributed by atoms with Gasteiger partial charge in [-0.3, -0.25) is 4.79 Å². The molecule has 0 N–H and O–H groups in total. The second-order valence-corrected chi connectivity index (χ2v) is 11.5. The molecule has 6 rings (SSSR count). The standard InChI is InChI=1S/C34H30BrN3O5/c1-20(2)26-16-27(21(3)13-31(26)40-4)33-37-28-8-6-5-7-25(28)34(39)38(33)36-17-23-15-24(35)10-12-29(23)41-18-22-9-11-30-32(14-22)43-19-42-30/h5-17,20H,18-19H2,1-4H3. The van der Waals surface area contributed by atoms with Gasteiger partial charge in [-0.15, -0.1) is 0 Å². The first-order chi connectivity index (χ1) is 20.8. The minimum Gasteiger partial charge on any atom is -0.496 e. The van der Waals surface area contributed by atoms with Crippen LogP contribution in [0.5, 0.6) is 23.0 Å². The molecule has 1 aromatic heterocycles. The van der Waals surface area contributed by atoms with Crippen LogP contribution in [0.1, 0.15) is 42.0 Å². The summed E-state index contributed by atoms with van der Waals surface area (Å²) in [4.78, 5) is 18.8. The van der Waals surface area contributed by atoms with Gasteiger partial charge in [-0.05, 0) is 84.1 Å². The summed E-state index contributed by atoms with van der Waals surface area (Å²) in [6.07, 6.45) is 1.63. The van der Waals surface area contributed by atoms with Gasteiger partial charge < -0.3 is 18.9 Å². The Morgan fingerprint density at radius 2 is 1.84 bits per heavy atom. The van der Waals surface area contributed by atoms with Crippen LogP contribution in [0, 0.1) is 6.92 Å². The van der Waals surface area contributed by atoms with Gasteiger partial charge in [0.25, 0.3) is 5.56 Å². The normalized spacial score (nSPS) is 12.4. The highest BCUT2D eigenvalue weighted by atomic mass is 79.9. The van der Waals surface area contributed by atoms with E-state index in [0.717, 1.165) is 38.2 Å². The number of halogens is 1. The molecule has 8 nitrogen and oxygen atoms in total. The summed E-state index contributed by atoms with van der Waals surface area (Å²) in [6, 6.07) is 22.7. The van der Waals surface area contributed by atoms with E-state index < -0.39 is 0 Å². The Balaban J connectivity index is 1.43. The van der Waals surface area contributed by atoms with Crippen molar-refractivity contribution in [1.82, 2.24) is 9.66 Å². The van der Waals surface area contributed by atoms with E-state index in [-0.39, 0.29) is 18.3 Å². The van der Waals surface area contributed by atoms with Crippen molar-refractivity contribution in [3.63, 3.8) is 0 Å². The smallest absolute Gasteiger partial charge is 0.282 e. The van der Waals surface area contributed by atoms with Crippen LogP contribution in [0.25, 0.3) is 22.3 Å². The molecule has 0 atom stereocenters. The molecule has 43 heavy (non-hydrogen) atoms. The van der Waals surface area contributed by atoms with Gasteiger partial charge in [0.05, 0.1) is 24.2 Å². The Morgan fingerprint density at radius 3 is 2.65 bits per heavy atom. The van der Waals surface area contributed by atoms with E-state index in [1.807, 2.05) is 73.7 Å². The molecule has 0 spiro atoms. The summed E-state index contributed by atoms with van der Waals surface area (Å²) in [5.41, 5.74) is 4.70. The van der Waals surface area contributed by atoms with E-state index in [1.165, 1.54) is 4.68 Å². The zero-order chi connectivity index (χ0) is 30.1. The summed E-state index contributed by atoms with van der Waals surface area (Å²) >= 11 is 3.55. The first-order valence-electron chi connectivity index (χ1n) is 13.9. The van der Waals surface area contributed by atoms with Gasteiger partial charge in [0.15, 0.2) is 17.3 Å². The number of para-hydroxylation sites is 1. The Hall–Kier alpha value is -4.63. The number of nitrogens with zero attached hydrogens (tertiary/aromatic N) is 3. The number of hydrogen-bond donors (Lipinski definition) is 0. The second-order valence-electron chi connectivity index (χ2n) is 10.5. The topological polar surface area (TPSA) is 84.2 Å². The van der Waals surface area contributed by atoms with Crippen LogP contribution in [-0.2, 0) is 6.61 Å². The lowest BCUT2D eigenvalue weighted by Crippen LogP contribution is -2.21. The molecule has 1 aliphatic heterocycles. The Kier molecular flexibility index (Phi) is 7.90. The lowest BCUT2D eigenvalue weighted by atomic mass is 9.96. The summed E-state index contributed by atoms with van der Waals surface area (Å²) in [7, 11) is 1.67. The highest BCUT2D eigenvalue weighted by molar-refractivity contribution is 9.10. The largest absolute Gasteiger partial charge is 0.496 e. The van der Waals surface area contributed by atoms with Crippen molar-refractivity contribution < 1.29 is 18.9 Å². The third kappa shape index (κ3) is 5.72. The molecule has 0 unspecified atom stereocenters. The minimum atomic E-state index is -0.268. The van der Waals surface area contributed by atoms with Crippen LogP contribution in [0.2, 0.25) is 0 Å². The first-order valence-corrected chi connectivity index (χ1v) is 14.7. The summed E-state index contributed by atoms with van der Waals surface area (Å²) in [6.45, 7) is 6.72. The number of hydrogen-bond acceptors (Lipinski definition) is 7. The van der Waals surface area contributed by atoms with Crippen LogP contribution in [0.15, 0.2) is 87.2 Å². The van der Waals surface area contributed by atoms with Crippen LogP contribution in [-0.4, -0.2) is 29.8 Å². The lowest BCUT2D eigenvalue weighted by Gasteiger charge is -2.17. The van der Waals surface area contributed by atoms with Crippen LogP contribution in [0.4, 0.5) is 0 Å². The fourth-order valence-electron chi connectivity index (χ4n) is 5.04. The van der Waals surface area contributed by atoms with E-state index in [2.05, 4.69) is 29.8 Å². The van der Waals surface area contributed by atoms with Gasteiger partial charge in [0.2, 0.25) is 6.79 Å². The van der Waals surface area contributed by atoms with Crippen LogP contribution < -0.4 is 24.5 Å². The molecule has 0 aliphatic carbocycles. The van der Waals surface area contributed by atoms with Crippen molar-refractivity contribution in [3.05, 3.63) is 110 Å². The molecule has 218 valence electrons. The van der Waals surface area contributed by atoms with E-state index in [9.17, 15) is 4.79 Å². The summed E-state index contributed by atoms with van der Waals surface area (Å²) < 4.78 is 25.0. The van der Waals surface area contributed by atoms with Crippen LogP contribution >= 0.6 is 15.9 Å². The molecule has 0 radical (unpaired) electrons. The third-order valence-corrected chi connectivity index (χ3v) is 7.80. The monoisotopic (exact) mass is 639 g/mol. The predicted octanol–water partition coefficient (Wildman–Crippen LogP) is 7.46. The molecule has 4 aromatic carbocycles. The van der Waals surface area contributed by atoms with Gasteiger partial charge in [-0.2, -0.15) is 9.78 Å². The Labute approximate surface area is 257 Å². The summed E-state index contributed by atoms with van der Waals surface area (Å²) in [5.74, 6) is 3.47. The quantitative estimate of drug-likeness (QED) is 0.164. The molecule has 0 fully saturated rings. The third-order valence-electron chi connectivity index (χ3n) is 7.31. The molecular weight excluding hydrogens is 610 g/mol. The number of aryl methyl sites for hydroxylation is 1. The molecule has 0 amide bonds. The number of methoxy groups -OCH3 is 1. The molecule has 2 heterocycles. The number of rotatable bonds is 8. The maximum Gasteiger partial charge on any atom is 0.282 e. The van der Waals surface area contributed by atoms with Crippen molar-refractivity contribution in [1.29, 1.82) is 0 Å². The average Bonchev–Trinajstić information content (AvgIpc) is 3.48. The highest BCUT2D eigenvalue weighted by Gasteiger charge is 2.19. The van der Waals surface area contributed by atoms with Crippen molar-refractivity contribution >= 4 is 33.0 Å². The van der Waals surface area contributed by atoms with Crippen LogP contribution in [0.3, 0.4) is 0 Å². The number of benzene rings is 4. The molecule has 0 saturated carbocycles. The van der Waals surface area contributed by atoms with Crippen molar-refractivity contribution in [2.75, 3.05) is 13.9 Å². The zero-order valence-electron chi connectivity index (χ0n) is 24.3. The number of fused-ring (bicyclic) bond motifs is 2. The van der Waals surface area contributed by atoms with E-state index in [4.69, 9.17) is 29.0 Å². The Morgan fingerprint density at radius 1 is 1.02 bits per heavy atom. The zero-order valence-corrected chi connectivity index (χ0v) is 25.8. The van der Waals surface area contributed by atoms with Gasteiger partial charge in [-0.1, -0.05) is 48.0 Å². The predicted molar refractivity (Wildman–Crippen MR) is 171 cm³/mol. The number of ether oxygens (including phenoxy) is 4. The van der Waals surface area contributed by atoms with Gasteiger partial charge in [0, 0.05) is 15.6 Å². The molecule has 0 saturated heterocycles. The van der Waals surface area contributed by atoms with E-state index in [0.29, 0.717) is 40.4 Å².